The molecule has 1 aliphatic carbocycles. The summed E-state index contributed by atoms with van der Waals surface area (Å²) in [6.07, 6.45) is 1.73. The summed E-state index contributed by atoms with van der Waals surface area (Å²) in [7, 11) is 0. The molecule has 4 rings (SSSR count). The number of hydrogen-bond acceptors (Lipinski definition) is 3. The molecule has 0 radical (unpaired) electrons. The van der Waals surface area contributed by atoms with Crippen LogP contribution in [0, 0.1) is 5.82 Å². The van der Waals surface area contributed by atoms with E-state index in [2.05, 4.69) is 17.6 Å². The number of thioether (sulfide) groups is 1. The zero-order valence-corrected chi connectivity index (χ0v) is 18.7. The fourth-order valence-corrected chi connectivity index (χ4v) is 4.37. The second-order valence-corrected chi connectivity index (χ2v) is 9.23. The third-order valence-corrected chi connectivity index (χ3v) is 6.52. The second-order valence-electron chi connectivity index (χ2n) is 7.90. The zero-order chi connectivity index (χ0) is 22.6. The molecule has 1 saturated carbocycles. The lowest BCUT2D eigenvalue weighted by atomic mass is 9.94. The van der Waals surface area contributed by atoms with Gasteiger partial charge in [-0.05, 0) is 66.1 Å². The summed E-state index contributed by atoms with van der Waals surface area (Å²) in [6.45, 7) is 2.11. The SMILES string of the molecule is CCSc1ccc(CC(=O)Nc2ccc(C3(C(=O)Nc4ccccc4F)CC3)cc2)cc1. The molecule has 0 spiro atoms. The predicted octanol–water partition coefficient (Wildman–Crippen LogP) is 5.79. The minimum Gasteiger partial charge on any atom is -0.326 e. The fourth-order valence-electron chi connectivity index (χ4n) is 3.71. The van der Waals surface area contributed by atoms with Crippen LogP contribution in [0.1, 0.15) is 30.9 Å². The molecule has 32 heavy (non-hydrogen) atoms. The Morgan fingerprint density at radius 1 is 0.938 bits per heavy atom. The van der Waals surface area contributed by atoms with E-state index in [1.54, 1.807) is 30.0 Å². The third kappa shape index (κ3) is 5.02. The van der Waals surface area contributed by atoms with Gasteiger partial charge >= 0.3 is 0 Å². The highest BCUT2D eigenvalue weighted by Gasteiger charge is 2.51. The summed E-state index contributed by atoms with van der Waals surface area (Å²) in [5, 5.41) is 5.62. The molecular formula is C26H25FN2O2S. The summed E-state index contributed by atoms with van der Waals surface area (Å²) >= 11 is 1.77. The van der Waals surface area contributed by atoms with E-state index in [9.17, 15) is 14.0 Å². The van der Waals surface area contributed by atoms with Gasteiger partial charge in [0.1, 0.15) is 5.82 Å². The highest BCUT2D eigenvalue weighted by molar-refractivity contribution is 7.99. The number of amides is 2. The van der Waals surface area contributed by atoms with E-state index in [-0.39, 0.29) is 17.5 Å². The molecule has 3 aromatic rings. The number of anilines is 2. The van der Waals surface area contributed by atoms with Crippen molar-refractivity contribution in [2.75, 3.05) is 16.4 Å². The summed E-state index contributed by atoms with van der Waals surface area (Å²) in [5.74, 6) is 0.270. The molecule has 0 saturated heterocycles. The standard InChI is InChI=1S/C26H25FN2O2S/c1-2-32-21-13-7-18(8-14-21)17-24(30)28-20-11-9-19(10-12-20)26(15-16-26)25(31)29-23-6-4-3-5-22(23)27/h3-14H,2,15-17H2,1H3,(H,28,30)(H,29,31). The zero-order valence-electron chi connectivity index (χ0n) is 17.9. The molecule has 0 unspecified atom stereocenters. The van der Waals surface area contributed by atoms with Gasteiger partial charge in [0.2, 0.25) is 11.8 Å². The first-order valence-electron chi connectivity index (χ1n) is 10.7. The Morgan fingerprint density at radius 3 is 2.25 bits per heavy atom. The first-order valence-corrected chi connectivity index (χ1v) is 11.7. The predicted molar refractivity (Wildman–Crippen MR) is 128 cm³/mol. The van der Waals surface area contributed by atoms with Gasteiger partial charge in [-0.2, -0.15) is 0 Å². The number of hydrogen-bond donors (Lipinski definition) is 2. The molecule has 0 aromatic heterocycles. The Morgan fingerprint density at radius 2 is 1.62 bits per heavy atom. The number of rotatable bonds is 8. The number of benzene rings is 3. The van der Waals surface area contributed by atoms with Crippen molar-refractivity contribution in [2.45, 2.75) is 36.5 Å². The van der Waals surface area contributed by atoms with Crippen LogP contribution in [0.3, 0.4) is 0 Å². The van der Waals surface area contributed by atoms with Crippen LogP contribution >= 0.6 is 11.8 Å². The molecule has 2 amide bonds. The van der Waals surface area contributed by atoms with Crippen LogP contribution in [0.5, 0.6) is 0 Å². The Labute approximate surface area is 191 Å². The van der Waals surface area contributed by atoms with E-state index in [4.69, 9.17) is 0 Å². The minimum atomic E-state index is -0.636. The maximum atomic E-state index is 13.9. The van der Waals surface area contributed by atoms with Gasteiger partial charge in [0, 0.05) is 10.6 Å². The Bertz CT molecular complexity index is 1110. The quantitative estimate of drug-likeness (QED) is 0.429. The molecule has 0 atom stereocenters. The number of halogens is 1. The molecule has 3 aromatic carbocycles. The molecule has 6 heteroatoms. The minimum absolute atomic E-state index is 0.0907. The Hall–Kier alpha value is -3.12. The Balaban J connectivity index is 1.37. The lowest BCUT2D eigenvalue weighted by Crippen LogP contribution is -2.28. The molecule has 4 nitrogen and oxygen atoms in total. The number of para-hydroxylation sites is 1. The van der Waals surface area contributed by atoms with Gasteiger partial charge < -0.3 is 10.6 Å². The molecule has 0 aliphatic heterocycles. The molecule has 0 bridgehead atoms. The molecular weight excluding hydrogens is 423 g/mol. The van der Waals surface area contributed by atoms with Crippen molar-refractivity contribution >= 4 is 35.0 Å². The lowest BCUT2D eigenvalue weighted by Gasteiger charge is -2.17. The van der Waals surface area contributed by atoms with Gasteiger partial charge in [0.05, 0.1) is 17.5 Å². The number of nitrogens with one attached hydrogen (secondary N) is 2. The van der Waals surface area contributed by atoms with Crippen LogP contribution < -0.4 is 10.6 Å². The molecule has 164 valence electrons. The average molecular weight is 449 g/mol. The van der Waals surface area contributed by atoms with Crippen molar-refractivity contribution in [3.8, 4) is 0 Å². The first-order chi connectivity index (χ1) is 15.5. The van der Waals surface area contributed by atoms with Gasteiger partial charge in [-0.3, -0.25) is 9.59 Å². The summed E-state index contributed by atoms with van der Waals surface area (Å²) in [5.41, 5.74) is 2.06. The van der Waals surface area contributed by atoms with E-state index >= 15 is 0 Å². The van der Waals surface area contributed by atoms with Crippen molar-refractivity contribution in [1.29, 1.82) is 0 Å². The van der Waals surface area contributed by atoms with E-state index in [0.717, 1.165) is 16.9 Å². The van der Waals surface area contributed by atoms with Crippen LogP contribution in [0.2, 0.25) is 0 Å². The highest BCUT2D eigenvalue weighted by Crippen LogP contribution is 2.49. The summed E-state index contributed by atoms with van der Waals surface area (Å²) in [6, 6.07) is 21.5. The van der Waals surface area contributed by atoms with E-state index in [0.29, 0.717) is 24.9 Å². The smallest absolute Gasteiger partial charge is 0.235 e. The molecule has 1 aliphatic rings. The second kappa shape index (κ2) is 9.57. The van der Waals surface area contributed by atoms with Crippen LogP contribution in [-0.4, -0.2) is 17.6 Å². The maximum absolute atomic E-state index is 13.9. The number of carbonyl (C=O) groups is 2. The fraction of sp³-hybridized carbons (Fsp3) is 0.231. The van der Waals surface area contributed by atoms with E-state index < -0.39 is 11.2 Å². The van der Waals surface area contributed by atoms with Crippen molar-refractivity contribution in [2.24, 2.45) is 0 Å². The third-order valence-electron chi connectivity index (χ3n) is 5.63. The van der Waals surface area contributed by atoms with Gasteiger partial charge in [0.25, 0.3) is 0 Å². The largest absolute Gasteiger partial charge is 0.326 e. The van der Waals surface area contributed by atoms with Crippen LogP contribution in [-0.2, 0) is 21.4 Å². The van der Waals surface area contributed by atoms with Crippen LogP contribution in [0.25, 0.3) is 0 Å². The Kier molecular flexibility index (Phi) is 6.61. The van der Waals surface area contributed by atoms with Crippen molar-refractivity contribution in [3.63, 3.8) is 0 Å². The highest BCUT2D eigenvalue weighted by atomic mass is 32.2. The van der Waals surface area contributed by atoms with Crippen LogP contribution in [0.4, 0.5) is 15.8 Å². The average Bonchev–Trinajstić information content (AvgIpc) is 3.60. The summed E-state index contributed by atoms with van der Waals surface area (Å²) in [4.78, 5) is 26.4. The number of carbonyl (C=O) groups excluding carboxylic acids is 2. The van der Waals surface area contributed by atoms with E-state index in [1.165, 1.54) is 11.0 Å². The van der Waals surface area contributed by atoms with Gasteiger partial charge in [-0.1, -0.05) is 43.3 Å². The maximum Gasteiger partial charge on any atom is 0.235 e. The lowest BCUT2D eigenvalue weighted by molar-refractivity contribution is -0.118. The normalized spacial score (nSPS) is 13.9. The van der Waals surface area contributed by atoms with Crippen molar-refractivity contribution < 1.29 is 14.0 Å². The van der Waals surface area contributed by atoms with Crippen LogP contribution in [0.15, 0.2) is 77.7 Å². The first kappa shape index (κ1) is 22.1. The topological polar surface area (TPSA) is 58.2 Å². The van der Waals surface area contributed by atoms with E-state index in [1.807, 2.05) is 48.5 Å². The van der Waals surface area contributed by atoms with Crippen molar-refractivity contribution in [3.05, 3.63) is 89.7 Å². The summed E-state index contributed by atoms with van der Waals surface area (Å²) < 4.78 is 13.9. The monoisotopic (exact) mass is 448 g/mol. The van der Waals surface area contributed by atoms with Gasteiger partial charge in [-0.25, -0.2) is 4.39 Å². The molecule has 1 fully saturated rings. The molecule has 2 N–H and O–H groups in total. The van der Waals surface area contributed by atoms with Gasteiger partial charge in [0.15, 0.2) is 0 Å². The van der Waals surface area contributed by atoms with Gasteiger partial charge in [-0.15, -0.1) is 11.8 Å². The van der Waals surface area contributed by atoms with Crippen molar-refractivity contribution in [1.82, 2.24) is 0 Å². The molecule has 0 heterocycles.